The smallest absolute Gasteiger partial charge is 0.104 e. The van der Waals surface area contributed by atoms with Gasteiger partial charge in [0.05, 0.1) is 0 Å². The van der Waals surface area contributed by atoms with Gasteiger partial charge in [-0.2, -0.15) is 0 Å². The average Bonchev–Trinajstić information content (AvgIpc) is 2.47. The minimum atomic E-state index is -0.239. The van der Waals surface area contributed by atoms with E-state index in [1.54, 1.807) is 0 Å². The van der Waals surface area contributed by atoms with E-state index < -0.39 is 0 Å². The van der Waals surface area contributed by atoms with E-state index >= 15 is 0 Å². The number of unbranched alkanes of at least 4 members (excludes halogenated alkanes) is 6. The Morgan fingerprint density at radius 2 is 1.29 bits per heavy atom. The third kappa shape index (κ3) is 12.4. The van der Waals surface area contributed by atoms with Gasteiger partial charge in [0.15, 0.2) is 0 Å². The van der Waals surface area contributed by atoms with E-state index in [0.29, 0.717) is 11.2 Å². The number of alkyl halides is 2. The lowest BCUT2D eigenvalue weighted by atomic mass is 9.92. The molecule has 0 saturated carbocycles. The SMILES string of the molecule is CCCCCCC(CCCCCC)C(SSCC)C(Cl)Cl. The maximum Gasteiger partial charge on any atom is 0.120 e. The van der Waals surface area contributed by atoms with Gasteiger partial charge in [-0.3, -0.25) is 0 Å². The molecule has 0 radical (unpaired) electrons. The van der Waals surface area contributed by atoms with Gasteiger partial charge < -0.3 is 0 Å². The standard InChI is InChI=1S/C17H34Cl2S2/c1-4-7-9-11-13-15(14-12-10-8-5-2)16(17(18)19)21-20-6-3/h15-17H,4-14H2,1-3H3. The van der Waals surface area contributed by atoms with Crippen molar-refractivity contribution in [3.63, 3.8) is 0 Å². The minimum Gasteiger partial charge on any atom is -0.104 e. The number of hydrogen-bond donors (Lipinski definition) is 0. The lowest BCUT2D eigenvalue weighted by Gasteiger charge is -2.27. The van der Waals surface area contributed by atoms with Crippen LogP contribution in [0.4, 0.5) is 0 Å². The number of hydrogen-bond acceptors (Lipinski definition) is 2. The van der Waals surface area contributed by atoms with Gasteiger partial charge in [-0.15, -0.1) is 23.2 Å². The molecule has 0 aliphatic heterocycles. The van der Waals surface area contributed by atoms with Gasteiger partial charge in [0.2, 0.25) is 0 Å². The molecule has 0 N–H and O–H groups in total. The summed E-state index contributed by atoms with van der Waals surface area (Å²) in [5, 5.41) is 0.390. The molecule has 0 bridgehead atoms. The molecule has 1 unspecified atom stereocenters. The fourth-order valence-electron chi connectivity index (χ4n) is 2.61. The summed E-state index contributed by atoms with van der Waals surface area (Å²) < 4.78 is 0. The Kier molecular flexibility index (Phi) is 17.1. The molecule has 0 aromatic heterocycles. The van der Waals surface area contributed by atoms with Crippen molar-refractivity contribution >= 4 is 44.8 Å². The predicted octanol–water partition coefficient (Wildman–Crippen LogP) is 8.12. The van der Waals surface area contributed by atoms with Crippen molar-refractivity contribution in [3.8, 4) is 0 Å². The first-order valence-corrected chi connectivity index (χ1v) is 12.0. The van der Waals surface area contributed by atoms with Crippen LogP contribution in [0, 0.1) is 5.92 Å². The fraction of sp³-hybridized carbons (Fsp3) is 1.00. The summed E-state index contributed by atoms with van der Waals surface area (Å²) in [6, 6.07) is 0. The molecule has 0 rings (SSSR count). The highest BCUT2D eigenvalue weighted by atomic mass is 35.5. The molecule has 21 heavy (non-hydrogen) atoms. The molecule has 0 nitrogen and oxygen atoms in total. The quantitative estimate of drug-likeness (QED) is 0.161. The Hall–Kier alpha value is 1.28. The normalized spacial score (nSPS) is 13.3. The maximum absolute atomic E-state index is 6.29. The van der Waals surface area contributed by atoms with Crippen molar-refractivity contribution in [2.75, 3.05) is 5.75 Å². The van der Waals surface area contributed by atoms with Crippen LogP contribution in [-0.4, -0.2) is 15.8 Å². The summed E-state index contributed by atoms with van der Waals surface area (Å²) in [6.45, 7) is 6.74. The van der Waals surface area contributed by atoms with E-state index in [-0.39, 0.29) is 4.84 Å². The van der Waals surface area contributed by atoms with Crippen LogP contribution >= 0.6 is 44.8 Å². The number of halogens is 2. The highest BCUT2D eigenvalue weighted by Gasteiger charge is 2.27. The molecule has 0 saturated heterocycles. The molecule has 0 aliphatic rings. The van der Waals surface area contributed by atoms with Crippen LogP contribution < -0.4 is 0 Å². The van der Waals surface area contributed by atoms with Crippen LogP contribution in [0.5, 0.6) is 0 Å². The molecule has 128 valence electrons. The first-order valence-electron chi connectivity index (χ1n) is 8.73. The van der Waals surface area contributed by atoms with Crippen molar-refractivity contribution in [1.29, 1.82) is 0 Å². The molecule has 0 aromatic rings. The third-order valence-corrected chi connectivity index (χ3v) is 7.74. The molecule has 1 atom stereocenters. The van der Waals surface area contributed by atoms with Gasteiger partial charge in [-0.05, 0) is 18.8 Å². The van der Waals surface area contributed by atoms with Crippen molar-refractivity contribution < 1.29 is 0 Å². The van der Waals surface area contributed by atoms with Gasteiger partial charge in [-0.1, -0.05) is 93.7 Å². The maximum atomic E-state index is 6.29. The van der Waals surface area contributed by atoms with E-state index in [2.05, 4.69) is 20.8 Å². The monoisotopic (exact) mass is 372 g/mol. The topological polar surface area (TPSA) is 0 Å². The zero-order chi connectivity index (χ0) is 15.9. The Morgan fingerprint density at radius 1 is 0.762 bits per heavy atom. The molecule has 0 amide bonds. The van der Waals surface area contributed by atoms with Gasteiger partial charge in [-0.25, -0.2) is 0 Å². The van der Waals surface area contributed by atoms with Crippen molar-refractivity contribution in [3.05, 3.63) is 0 Å². The first-order chi connectivity index (χ1) is 10.2. The second-order valence-corrected chi connectivity index (χ2v) is 9.76. The summed E-state index contributed by atoms with van der Waals surface area (Å²) >= 11 is 12.6. The first kappa shape index (κ1) is 22.3. The predicted molar refractivity (Wildman–Crippen MR) is 106 cm³/mol. The van der Waals surface area contributed by atoms with Crippen molar-refractivity contribution in [2.24, 2.45) is 5.92 Å². The molecule has 0 aliphatic carbocycles. The highest BCUT2D eigenvalue weighted by Crippen LogP contribution is 2.40. The van der Waals surface area contributed by atoms with Crippen LogP contribution in [0.2, 0.25) is 0 Å². The minimum absolute atomic E-state index is 0.239. The largest absolute Gasteiger partial charge is 0.120 e. The Labute approximate surface area is 151 Å². The zero-order valence-corrected chi connectivity index (χ0v) is 17.2. The van der Waals surface area contributed by atoms with Crippen LogP contribution in [0.1, 0.15) is 85.0 Å². The molecule has 4 heteroatoms. The third-order valence-electron chi connectivity index (χ3n) is 3.87. The van der Waals surface area contributed by atoms with Crippen LogP contribution in [-0.2, 0) is 0 Å². The molecular weight excluding hydrogens is 339 g/mol. The summed E-state index contributed by atoms with van der Waals surface area (Å²) in [5.41, 5.74) is 0. The van der Waals surface area contributed by atoms with Gasteiger partial charge in [0.1, 0.15) is 4.84 Å². The van der Waals surface area contributed by atoms with Crippen LogP contribution in [0.15, 0.2) is 0 Å². The molecule has 0 fully saturated rings. The van der Waals surface area contributed by atoms with E-state index in [9.17, 15) is 0 Å². The summed E-state index contributed by atoms with van der Waals surface area (Å²) in [4.78, 5) is -0.239. The van der Waals surface area contributed by atoms with Crippen molar-refractivity contribution in [2.45, 2.75) is 95.1 Å². The van der Waals surface area contributed by atoms with E-state index in [4.69, 9.17) is 23.2 Å². The summed E-state index contributed by atoms with van der Waals surface area (Å²) in [5.74, 6) is 1.81. The Bertz CT molecular complexity index is 201. The second kappa shape index (κ2) is 16.1. The summed E-state index contributed by atoms with van der Waals surface area (Å²) in [7, 11) is 3.83. The zero-order valence-electron chi connectivity index (χ0n) is 14.1. The Balaban J connectivity index is 4.33. The fourth-order valence-corrected chi connectivity index (χ4v) is 6.19. The van der Waals surface area contributed by atoms with Gasteiger partial charge in [0.25, 0.3) is 0 Å². The van der Waals surface area contributed by atoms with Gasteiger partial charge >= 0.3 is 0 Å². The lowest BCUT2D eigenvalue weighted by molar-refractivity contribution is 0.401. The van der Waals surface area contributed by atoms with E-state index in [1.165, 1.54) is 64.2 Å². The van der Waals surface area contributed by atoms with E-state index in [1.807, 2.05) is 21.6 Å². The second-order valence-electron chi connectivity index (χ2n) is 5.76. The molecular formula is C17H34Cl2S2. The number of rotatable bonds is 15. The van der Waals surface area contributed by atoms with E-state index in [0.717, 1.165) is 5.75 Å². The molecule has 0 aromatic carbocycles. The Morgan fingerprint density at radius 3 is 1.67 bits per heavy atom. The average molecular weight is 373 g/mol. The molecule has 0 heterocycles. The summed E-state index contributed by atoms with van der Waals surface area (Å²) in [6.07, 6.45) is 13.3. The van der Waals surface area contributed by atoms with Crippen LogP contribution in [0.3, 0.4) is 0 Å². The van der Waals surface area contributed by atoms with Gasteiger partial charge in [0, 0.05) is 11.0 Å². The van der Waals surface area contributed by atoms with Crippen LogP contribution in [0.25, 0.3) is 0 Å². The van der Waals surface area contributed by atoms with Crippen molar-refractivity contribution in [1.82, 2.24) is 0 Å². The lowest BCUT2D eigenvalue weighted by Crippen LogP contribution is -2.23. The highest BCUT2D eigenvalue weighted by molar-refractivity contribution is 8.77. The molecule has 0 spiro atoms.